The minimum absolute atomic E-state index is 0.240. The number of aromatic nitrogens is 1. The average Bonchev–Trinajstić information content (AvgIpc) is 3.35. The fraction of sp³-hybridized carbons (Fsp3) is 0.208. The number of thiazole rings is 1. The zero-order chi connectivity index (χ0) is 23.5. The Morgan fingerprint density at radius 2 is 1.67 bits per heavy atom. The van der Waals surface area contributed by atoms with Crippen LogP contribution >= 0.6 is 11.3 Å². The predicted octanol–water partition coefficient (Wildman–Crippen LogP) is 2.56. The van der Waals surface area contributed by atoms with Crippen molar-refractivity contribution in [3.63, 3.8) is 0 Å². The average molecular weight is 464 g/mol. The van der Waals surface area contributed by atoms with E-state index >= 15 is 0 Å². The van der Waals surface area contributed by atoms with Crippen LogP contribution in [0, 0.1) is 6.92 Å². The van der Waals surface area contributed by atoms with E-state index in [0.717, 1.165) is 16.0 Å². The van der Waals surface area contributed by atoms with Crippen molar-refractivity contribution in [3.8, 4) is 0 Å². The Labute approximate surface area is 193 Å². The summed E-state index contributed by atoms with van der Waals surface area (Å²) in [4.78, 5) is 55.2. The lowest BCUT2D eigenvalue weighted by atomic mass is 10.1. The topological polar surface area (TPSA) is 98.0 Å². The lowest BCUT2D eigenvalue weighted by Gasteiger charge is -2.20. The van der Waals surface area contributed by atoms with Crippen LogP contribution in [0.4, 0.5) is 0 Å². The second-order valence-corrected chi connectivity index (χ2v) is 8.49. The third-order valence-electron chi connectivity index (χ3n) is 5.25. The zero-order valence-corrected chi connectivity index (χ0v) is 18.9. The van der Waals surface area contributed by atoms with Crippen molar-refractivity contribution in [2.24, 2.45) is 4.99 Å². The molecule has 9 heteroatoms. The first kappa shape index (κ1) is 22.3. The van der Waals surface area contributed by atoms with Gasteiger partial charge in [-0.2, -0.15) is 4.99 Å². The number of imide groups is 1. The molecular formula is C24H21N3O5S. The van der Waals surface area contributed by atoms with Gasteiger partial charge in [-0.15, -0.1) is 11.3 Å². The number of ether oxygens (including phenoxy) is 1. The van der Waals surface area contributed by atoms with Crippen molar-refractivity contribution in [2.45, 2.75) is 26.4 Å². The molecule has 4 rings (SSSR count). The predicted molar refractivity (Wildman–Crippen MR) is 121 cm³/mol. The Balaban J connectivity index is 1.39. The minimum atomic E-state index is -1.17. The van der Waals surface area contributed by atoms with Crippen molar-refractivity contribution in [1.82, 2.24) is 9.47 Å². The van der Waals surface area contributed by atoms with Crippen LogP contribution in [0.1, 0.15) is 38.8 Å². The standard InChI is InChI=1S/C24H21N3O5S/c1-15-7-9-17(10-8-15)13-26-11-12-33-24(26)25-20(28)14-32-23(31)16(2)27-21(29)18-5-3-4-6-19(18)22(27)30/h3-12,16H,13-14H2,1-2H3/t16-/m0/s1. The van der Waals surface area contributed by atoms with Gasteiger partial charge in [0, 0.05) is 18.1 Å². The summed E-state index contributed by atoms with van der Waals surface area (Å²) in [6.45, 7) is 3.36. The Morgan fingerprint density at radius 3 is 2.30 bits per heavy atom. The minimum Gasteiger partial charge on any atom is -0.454 e. The van der Waals surface area contributed by atoms with E-state index in [2.05, 4.69) is 4.99 Å². The molecule has 1 aliphatic heterocycles. The SMILES string of the molecule is Cc1ccc(Cn2ccsc2=NC(=O)COC(=O)[C@H](C)N2C(=O)c3ccccc3C2=O)cc1. The number of hydrogen-bond acceptors (Lipinski definition) is 6. The molecule has 168 valence electrons. The number of nitrogens with zero attached hydrogens (tertiary/aromatic N) is 3. The van der Waals surface area contributed by atoms with Crippen molar-refractivity contribution in [1.29, 1.82) is 0 Å². The van der Waals surface area contributed by atoms with Crippen molar-refractivity contribution < 1.29 is 23.9 Å². The molecule has 8 nitrogen and oxygen atoms in total. The summed E-state index contributed by atoms with van der Waals surface area (Å²) in [6.07, 6.45) is 1.83. The highest BCUT2D eigenvalue weighted by Crippen LogP contribution is 2.24. The summed E-state index contributed by atoms with van der Waals surface area (Å²) in [5.74, 6) is -2.62. The molecule has 3 aromatic rings. The molecule has 0 unspecified atom stereocenters. The molecule has 1 aliphatic rings. The van der Waals surface area contributed by atoms with E-state index in [1.54, 1.807) is 12.1 Å². The molecule has 0 aliphatic carbocycles. The van der Waals surface area contributed by atoms with Gasteiger partial charge in [0.05, 0.1) is 11.1 Å². The van der Waals surface area contributed by atoms with Gasteiger partial charge in [-0.3, -0.25) is 19.3 Å². The number of fused-ring (bicyclic) bond motifs is 1. The number of amides is 3. The first-order valence-corrected chi connectivity index (χ1v) is 11.1. The second kappa shape index (κ2) is 9.33. The van der Waals surface area contributed by atoms with Crippen LogP contribution in [-0.2, 0) is 20.9 Å². The molecule has 1 aromatic heterocycles. The van der Waals surface area contributed by atoms with E-state index in [9.17, 15) is 19.2 Å². The molecule has 1 atom stereocenters. The number of esters is 1. The van der Waals surface area contributed by atoms with Crippen LogP contribution in [-0.4, -0.2) is 45.8 Å². The van der Waals surface area contributed by atoms with E-state index in [4.69, 9.17) is 4.74 Å². The quantitative estimate of drug-likeness (QED) is 0.413. The van der Waals surface area contributed by atoms with Crippen LogP contribution in [0.3, 0.4) is 0 Å². The summed E-state index contributed by atoms with van der Waals surface area (Å²) in [5.41, 5.74) is 2.70. The summed E-state index contributed by atoms with van der Waals surface area (Å²) in [6, 6.07) is 13.2. The van der Waals surface area contributed by atoms with Gasteiger partial charge in [0.2, 0.25) is 0 Å². The van der Waals surface area contributed by atoms with Crippen LogP contribution in [0.2, 0.25) is 0 Å². The van der Waals surface area contributed by atoms with Crippen LogP contribution in [0.5, 0.6) is 0 Å². The van der Waals surface area contributed by atoms with E-state index in [1.165, 1.54) is 30.4 Å². The molecule has 0 saturated carbocycles. The molecular weight excluding hydrogens is 442 g/mol. The second-order valence-electron chi connectivity index (χ2n) is 7.61. The number of carbonyl (C=O) groups is 4. The van der Waals surface area contributed by atoms with Gasteiger partial charge >= 0.3 is 5.97 Å². The lowest BCUT2D eigenvalue weighted by Crippen LogP contribution is -2.44. The van der Waals surface area contributed by atoms with Gasteiger partial charge in [-0.25, -0.2) is 4.79 Å². The van der Waals surface area contributed by atoms with Crippen molar-refractivity contribution >= 4 is 35.0 Å². The molecule has 2 heterocycles. The third kappa shape index (κ3) is 4.68. The first-order valence-electron chi connectivity index (χ1n) is 10.3. The number of aryl methyl sites for hydroxylation is 1. The Kier molecular flexibility index (Phi) is 6.32. The first-order chi connectivity index (χ1) is 15.8. The fourth-order valence-electron chi connectivity index (χ4n) is 3.45. The Bertz CT molecular complexity index is 1270. The zero-order valence-electron chi connectivity index (χ0n) is 18.1. The Hall–Kier alpha value is -3.85. The highest BCUT2D eigenvalue weighted by molar-refractivity contribution is 7.07. The summed E-state index contributed by atoms with van der Waals surface area (Å²) in [5, 5.41) is 1.82. The van der Waals surface area contributed by atoms with E-state index in [0.29, 0.717) is 11.3 Å². The van der Waals surface area contributed by atoms with E-state index in [1.807, 2.05) is 47.3 Å². The largest absolute Gasteiger partial charge is 0.454 e. The maximum atomic E-state index is 12.5. The molecule has 0 bridgehead atoms. The van der Waals surface area contributed by atoms with Crippen molar-refractivity contribution in [3.05, 3.63) is 87.2 Å². The van der Waals surface area contributed by atoms with E-state index in [-0.39, 0.29) is 11.1 Å². The summed E-state index contributed by atoms with van der Waals surface area (Å²) >= 11 is 1.29. The number of carbonyl (C=O) groups excluding carboxylic acids is 4. The van der Waals surface area contributed by atoms with Gasteiger partial charge < -0.3 is 9.30 Å². The highest BCUT2D eigenvalue weighted by atomic mass is 32.1. The third-order valence-corrected chi connectivity index (χ3v) is 6.04. The van der Waals surface area contributed by atoms with Gasteiger partial charge in [-0.1, -0.05) is 42.0 Å². The summed E-state index contributed by atoms with van der Waals surface area (Å²) in [7, 11) is 0. The van der Waals surface area contributed by atoms with Gasteiger partial charge in [0.25, 0.3) is 17.7 Å². The normalized spacial score (nSPS) is 14.4. The molecule has 0 saturated heterocycles. The molecule has 0 radical (unpaired) electrons. The summed E-state index contributed by atoms with van der Waals surface area (Å²) < 4.78 is 6.89. The smallest absolute Gasteiger partial charge is 0.329 e. The van der Waals surface area contributed by atoms with Crippen LogP contribution in [0.25, 0.3) is 0 Å². The maximum absolute atomic E-state index is 12.5. The van der Waals surface area contributed by atoms with Gasteiger partial charge in [-0.05, 0) is 31.5 Å². The highest BCUT2D eigenvalue weighted by Gasteiger charge is 2.41. The van der Waals surface area contributed by atoms with Crippen LogP contribution < -0.4 is 4.80 Å². The van der Waals surface area contributed by atoms with Crippen LogP contribution in [0.15, 0.2) is 65.1 Å². The number of hydrogen-bond donors (Lipinski definition) is 0. The Morgan fingerprint density at radius 1 is 1.03 bits per heavy atom. The monoisotopic (exact) mass is 463 g/mol. The van der Waals surface area contributed by atoms with Crippen molar-refractivity contribution in [2.75, 3.05) is 6.61 Å². The molecule has 0 fully saturated rings. The molecule has 0 spiro atoms. The maximum Gasteiger partial charge on any atom is 0.329 e. The number of rotatable bonds is 6. The number of benzene rings is 2. The molecule has 2 aromatic carbocycles. The fourth-order valence-corrected chi connectivity index (χ4v) is 4.20. The lowest BCUT2D eigenvalue weighted by molar-refractivity contribution is -0.151. The van der Waals surface area contributed by atoms with E-state index < -0.39 is 36.3 Å². The molecule has 3 amide bonds. The van der Waals surface area contributed by atoms with Gasteiger partial charge in [0.1, 0.15) is 6.04 Å². The molecule has 0 N–H and O–H groups in total. The molecule has 33 heavy (non-hydrogen) atoms. The van der Waals surface area contributed by atoms with Gasteiger partial charge in [0.15, 0.2) is 11.4 Å².